The van der Waals surface area contributed by atoms with Gasteiger partial charge >= 0.3 is 0 Å². The number of phenolic OH excluding ortho intramolecular Hbond substituents is 1. The summed E-state index contributed by atoms with van der Waals surface area (Å²) in [4.78, 5) is 0. The highest BCUT2D eigenvalue weighted by molar-refractivity contribution is 6.30. The molecule has 0 aromatic heterocycles. The van der Waals surface area contributed by atoms with Gasteiger partial charge in [0.15, 0.2) is 0 Å². The zero-order chi connectivity index (χ0) is 10.0. The molecule has 1 rings (SSSR count). The first-order valence-corrected chi connectivity index (χ1v) is 4.54. The van der Waals surface area contributed by atoms with E-state index in [0.29, 0.717) is 17.0 Å². The van der Waals surface area contributed by atoms with Gasteiger partial charge in [0.1, 0.15) is 5.75 Å². The van der Waals surface area contributed by atoms with Crippen molar-refractivity contribution in [2.45, 2.75) is 26.4 Å². The molecule has 2 nitrogen and oxygen atoms in total. The van der Waals surface area contributed by atoms with Crippen LogP contribution in [0.3, 0.4) is 0 Å². The Morgan fingerprint density at radius 2 is 2.08 bits per heavy atom. The third-order valence-electron chi connectivity index (χ3n) is 1.86. The molecular weight excluding hydrogens is 188 g/mol. The zero-order valence-electron chi connectivity index (χ0n) is 7.71. The van der Waals surface area contributed by atoms with Gasteiger partial charge in [0.05, 0.1) is 6.10 Å². The van der Waals surface area contributed by atoms with Gasteiger partial charge in [0.25, 0.3) is 0 Å². The van der Waals surface area contributed by atoms with Crippen molar-refractivity contribution in [1.82, 2.24) is 0 Å². The van der Waals surface area contributed by atoms with Crippen LogP contribution in [0.5, 0.6) is 5.75 Å². The van der Waals surface area contributed by atoms with Crippen LogP contribution in [0.25, 0.3) is 0 Å². The molecule has 2 N–H and O–H groups in total. The molecule has 1 aromatic carbocycles. The minimum atomic E-state index is -0.469. The summed E-state index contributed by atoms with van der Waals surface area (Å²) in [6, 6.07) is 3.37. The molecule has 0 heterocycles. The van der Waals surface area contributed by atoms with Crippen LogP contribution in [0.1, 0.15) is 18.1 Å². The van der Waals surface area contributed by atoms with Crippen LogP contribution >= 0.6 is 11.6 Å². The van der Waals surface area contributed by atoms with Crippen molar-refractivity contribution >= 4 is 11.6 Å². The molecule has 0 aliphatic rings. The number of aromatic hydroxyl groups is 1. The molecule has 13 heavy (non-hydrogen) atoms. The lowest BCUT2D eigenvalue weighted by Crippen LogP contribution is -2.04. The summed E-state index contributed by atoms with van der Waals surface area (Å²) in [5, 5.41) is 19.3. The van der Waals surface area contributed by atoms with E-state index in [1.54, 1.807) is 26.0 Å². The molecular formula is C10H13ClO2. The first kappa shape index (κ1) is 10.4. The molecule has 0 saturated carbocycles. The Hall–Kier alpha value is -0.730. The molecule has 1 atom stereocenters. The smallest absolute Gasteiger partial charge is 0.121 e. The summed E-state index contributed by atoms with van der Waals surface area (Å²) in [6.45, 7) is 3.46. The molecule has 0 bridgehead atoms. The Bertz CT molecular complexity index is 308. The number of aliphatic hydroxyl groups is 1. The molecule has 0 aliphatic heterocycles. The van der Waals surface area contributed by atoms with Crippen molar-refractivity contribution in [1.29, 1.82) is 0 Å². The van der Waals surface area contributed by atoms with E-state index in [9.17, 15) is 5.11 Å². The lowest BCUT2D eigenvalue weighted by molar-refractivity contribution is 0.194. The predicted molar refractivity (Wildman–Crippen MR) is 53.2 cm³/mol. The van der Waals surface area contributed by atoms with E-state index in [1.807, 2.05) is 0 Å². The van der Waals surface area contributed by atoms with Crippen LogP contribution in [-0.4, -0.2) is 16.3 Å². The Kier molecular flexibility index (Phi) is 3.17. The second kappa shape index (κ2) is 3.99. The summed E-state index contributed by atoms with van der Waals surface area (Å²) >= 11 is 5.81. The van der Waals surface area contributed by atoms with Gasteiger partial charge in [-0.2, -0.15) is 0 Å². The summed E-state index contributed by atoms with van der Waals surface area (Å²) in [5.74, 6) is 0.227. The molecule has 0 spiro atoms. The summed E-state index contributed by atoms with van der Waals surface area (Å²) < 4.78 is 0. The van der Waals surface area contributed by atoms with Crippen molar-refractivity contribution < 1.29 is 10.2 Å². The van der Waals surface area contributed by atoms with Gasteiger partial charge in [-0.05, 0) is 37.1 Å². The van der Waals surface area contributed by atoms with Crippen molar-refractivity contribution in [3.8, 4) is 5.75 Å². The number of hydrogen-bond acceptors (Lipinski definition) is 2. The fraction of sp³-hybridized carbons (Fsp3) is 0.400. The van der Waals surface area contributed by atoms with E-state index >= 15 is 0 Å². The average Bonchev–Trinajstić information content (AvgIpc) is 1.98. The lowest BCUT2D eigenvalue weighted by Gasteiger charge is -2.09. The molecule has 1 unspecified atom stereocenters. The zero-order valence-corrected chi connectivity index (χ0v) is 8.47. The van der Waals surface area contributed by atoms with Crippen LogP contribution < -0.4 is 0 Å². The molecule has 72 valence electrons. The number of rotatable bonds is 2. The summed E-state index contributed by atoms with van der Waals surface area (Å²) in [7, 11) is 0. The van der Waals surface area contributed by atoms with Crippen molar-refractivity contribution in [2.24, 2.45) is 0 Å². The minimum Gasteiger partial charge on any atom is -0.507 e. The summed E-state index contributed by atoms with van der Waals surface area (Å²) in [5.41, 5.74) is 1.43. The molecule has 1 aromatic rings. The van der Waals surface area contributed by atoms with E-state index in [0.717, 1.165) is 5.56 Å². The maximum absolute atomic E-state index is 9.60. The van der Waals surface area contributed by atoms with Gasteiger partial charge in [-0.3, -0.25) is 0 Å². The fourth-order valence-electron chi connectivity index (χ4n) is 1.28. The lowest BCUT2D eigenvalue weighted by atomic mass is 10.0. The van der Waals surface area contributed by atoms with Crippen LogP contribution in [0.4, 0.5) is 0 Å². The third kappa shape index (κ3) is 2.61. The maximum atomic E-state index is 9.60. The maximum Gasteiger partial charge on any atom is 0.121 e. The highest BCUT2D eigenvalue weighted by atomic mass is 35.5. The van der Waals surface area contributed by atoms with Gasteiger partial charge in [0, 0.05) is 11.4 Å². The minimum absolute atomic E-state index is 0.227. The molecule has 0 aliphatic carbocycles. The Labute approximate surface area is 82.8 Å². The number of aryl methyl sites for hydroxylation is 1. The SMILES string of the molecule is Cc1cc(Cl)cc(CC(C)O)c1O. The highest BCUT2D eigenvalue weighted by Gasteiger charge is 2.08. The van der Waals surface area contributed by atoms with Crippen LogP contribution in [0.2, 0.25) is 5.02 Å². The quantitative estimate of drug-likeness (QED) is 0.769. The Morgan fingerprint density at radius 3 is 2.62 bits per heavy atom. The standard InChI is InChI=1S/C10H13ClO2/c1-6-3-9(11)5-8(10(6)13)4-7(2)12/h3,5,7,12-13H,4H2,1-2H3. The molecule has 0 radical (unpaired) electrons. The first-order chi connectivity index (χ1) is 6.00. The molecule has 0 amide bonds. The number of hydrogen-bond donors (Lipinski definition) is 2. The van der Waals surface area contributed by atoms with E-state index in [2.05, 4.69) is 0 Å². The Morgan fingerprint density at radius 1 is 1.46 bits per heavy atom. The fourth-order valence-corrected chi connectivity index (χ4v) is 1.57. The van der Waals surface area contributed by atoms with Crippen molar-refractivity contribution in [3.05, 3.63) is 28.3 Å². The van der Waals surface area contributed by atoms with E-state index in [4.69, 9.17) is 16.7 Å². The number of halogens is 1. The first-order valence-electron chi connectivity index (χ1n) is 4.16. The van der Waals surface area contributed by atoms with Crippen LogP contribution in [0, 0.1) is 6.92 Å². The van der Waals surface area contributed by atoms with Crippen LogP contribution in [0.15, 0.2) is 12.1 Å². The van der Waals surface area contributed by atoms with E-state index < -0.39 is 6.10 Å². The molecule has 0 saturated heterocycles. The number of aliphatic hydroxyl groups excluding tert-OH is 1. The second-order valence-electron chi connectivity index (χ2n) is 3.28. The topological polar surface area (TPSA) is 40.5 Å². The molecule has 0 fully saturated rings. The van der Waals surface area contributed by atoms with Gasteiger partial charge < -0.3 is 10.2 Å². The average molecular weight is 201 g/mol. The largest absolute Gasteiger partial charge is 0.507 e. The predicted octanol–water partition coefficient (Wildman–Crippen LogP) is 2.28. The van der Waals surface area contributed by atoms with Gasteiger partial charge in [-0.25, -0.2) is 0 Å². The van der Waals surface area contributed by atoms with Gasteiger partial charge in [-0.15, -0.1) is 0 Å². The Balaban J connectivity index is 3.05. The van der Waals surface area contributed by atoms with E-state index in [1.165, 1.54) is 0 Å². The molecule has 3 heteroatoms. The third-order valence-corrected chi connectivity index (χ3v) is 2.08. The summed E-state index contributed by atoms with van der Waals surface area (Å²) in [6.07, 6.45) is -0.0449. The number of phenols is 1. The van der Waals surface area contributed by atoms with Crippen molar-refractivity contribution in [3.63, 3.8) is 0 Å². The second-order valence-corrected chi connectivity index (χ2v) is 3.72. The van der Waals surface area contributed by atoms with Crippen LogP contribution in [-0.2, 0) is 6.42 Å². The van der Waals surface area contributed by atoms with Crippen molar-refractivity contribution in [2.75, 3.05) is 0 Å². The number of benzene rings is 1. The normalized spacial score (nSPS) is 12.9. The van der Waals surface area contributed by atoms with E-state index in [-0.39, 0.29) is 5.75 Å². The van der Waals surface area contributed by atoms with Gasteiger partial charge in [-0.1, -0.05) is 11.6 Å². The monoisotopic (exact) mass is 200 g/mol. The highest BCUT2D eigenvalue weighted by Crippen LogP contribution is 2.27. The van der Waals surface area contributed by atoms with Gasteiger partial charge in [0.2, 0.25) is 0 Å².